The molecule has 0 unspecified atom stereocenters. The van der Waals surface area contributed by atoms with Gasteiger partial charge in [-0.25, -0.2) is 0 Å². The Morgan fingerprint density at radius 1 is 1.00 bits per heavy atom. The van der Waals surface area contributed by atoms with E-state index >= 15 is 0 Å². The predicted octanol–water partition coefficient (Wildman–Crippen LogP) is 0.944. The van der Waals surface area contributed by atoms with E-state index in [2.05, 4.69) is 4.90 Å². The Morgan fingerprint density at radius 3 is 2.00 bits per heavy atom. The number of methoxy groups -OCH3 is 2. The van der Waals surface area contributed by atoms with Crippen LogP contribution in [0.3, 0.4) is 0 Å². The molecule has 3 N–H and O–H groups in total. The summed E-state index contributed by atoms with van der Waals surface area (Å²) in [7, 11) is 3.39. The molecule has 1 aromatic rings. The Morgan fingerprint density at radius 2 is 1.52 bits per heavy atom. The van der Waals surface area contributed by atoms with Gasteiger partial charge in [0.2, 0.25) is 0 Å². The molecule has 0 radical (unpaired) electrons. The first kappa shape index (κ1) is 17.4. The molecule has 0 aromatic heterocycles. The number of nitrogens with zero attached hydrogens (tertiary/aromatic N) is 1. The van der Waals surface area contributed by atoms with Gasteiger partial charge in [0, 0.05) is 39.4 Å². The lowest BCUT2D eigenvalue weighted by atomic mass is 10.2. The minimum absolute atomic E-state index is 0.0619. The monoisotopic (exact) mass is 295 g/mol. The Bertz CT molecular complexity index is 401. The first-order valence-electron chi connectivity index (χ1n) is 6.95. The van der Waals surface area contributed by atoms with Crippen molar-refractivity contribution in [1.82, 2.24) is 4.90 Å². The molecule has 0 aliphatic heterocycles. The van der Waals surface area contributed by atoms with Crippen LogP contribution >= 0.6 is 0 Å². The Kier molecular flexibility index (Phi) is 8.42. The number of amidine groups is 1. The van der Waals surface area contributed by atoms with Gasteiger partial charge in [-0.1, -0.05) is 0 Å². The molecule has 0 saturated carbocycles. The van der Waals surface area contributed by atoms with Crippen molar-refractivity contribution < 1.29 is 14.2 Å². The summed E-state index contributed by atoms with van der Waals surface area (Å²) < 4.78 is 15.9. The summed E-state index contributed by atoms with van der Waals surface area (Å²) in [5.74, 6) is 0.838. The second-order valence-electron chi connectivity index (χ2n) is 4.61. The van der Waals surface area contributed by atoms with E-state index < -0.39 is 0 Å². The summed E-state index contributed by atoms with van der Waals surface area (Å²) in [6.07, 6.45) is 0. The third-order valence-electron chi connectivity index (χ3n) is 3.06. The van der Waals surface area contributed by atoms with Crippen molar-refractivity contribution >= 4 is 5.84 Å². The van der Waals surface area contributed by atoms with E-state index in [1.807, 2.05) is 12.1 Å². The van der Waals surface area contributed by atoms with Gasteiger partial charge in [-0.15, -0.1) is 0 Å². The summed E-state index contributed by atoms with van der Waals surface area (Å²) in [5, 5.41) is 7.34. The molecule has 6 heteroatoms. The van der Waals surface area contributed by atoms with Gasteiger partial charge in [-0.3, -0.25) is 10.3 Å². The molecule has 0 bridgehead atoms. The maximum absolute atomic E-state index is 7.34. The largest absolute Gasteiger partial charge is 0.492 e. The summed E-state index contributed by atoms with van der Waals surface area (Å²) in [6, 6.07) is 7.22. The van der Waals surface area contributed by atoms with Crippen LogP contribution in [0.1, 0.15) is 5.56 Å². The molecule has 1 aromatic carbocycles. The highest BCUT2D eigenvalue weighted by Gasteiger charge is 2.05. The number of nitrogen functional groups attached to an aromatic ring is 1. The van der Waals surface area contributed by atoms with Crippen molar-refractivity contribution in [2.24, 2.45) is 5.73 Å². The van der Waals surface area contributed by atoms with Gasteiger partial charge in [0.25, 0.3) is 0 Å². The third-order valence-corrected chi connectivity index (χ3v) is 3.06. The number of rotatable bonds is 11. The van der Waals surface area contributed by atoms with Gasteiger partial charge in [0.1, 0.15) is 18.2 Å². The van der Waals surface area contributed by atoms with Crippen LogP contribution in [0.25, 0.3) is 0 Å². The Hall–Kier alpha value is -1.63. The van der Waals surface area contributed by atoms with E-state index in [1.165, 1.54) is 0 Å². The summed E-state index contributed by atoms with van der Waals surface area (Å²) >= 11 is 0. The number of hydrogen-bond donors (Lipinski definition) is 2. The topological polar surface area (TPSA) is 80.8 Å². The van der Waals surface area contributed by atoms with Gasteiger partial charge in [0.05, 0.1) is 13.2 Å². The van der Waals surface area contributed by atoms with Gasteiger partial charge < -0.3 is 19.9 Å². The first-order chi connectivity index (χ1) is 10.2. The molecule has 0 amide bonds. The predicted molar refractivity (Wildman–Crippen MR) is 83.1 cm³/mol. The molecule has 0 aliphatic carbocycles. The molecule has 0 spiro atoms. The second kappa shape index (κ2) is 10.1. The lowest BCUT2D eigenvalue weighted by Crippen LogP contribution is -2.34. The van der Waals surface area contributed by atoms with Crippen LogP contribution < -0.4 is 10.5 Å². The molecule has 118 valence electrons. The quantitative estimate of drug-likeness (QED) is 0.469. The number of ether oxygens (including phenoxy) is 3. The lowest BCUT2D eigenvalue weighted by molar-refractivity contribution is 0.104. The van der Waals surface area contributed by atoms with E-state index in [1.54, 1.807) is 26.4 Å². The zero-order chi connectivity index (χ0) is 15.5. The van der Waals surface area contributed by atoms with Crippen molar-refractivity contribution in [1.29, 1.82) is 5.41 Å². The number of nitrogens with two attached hydrogens (primary N) is 1. The molecule has 0 saturated heterocycles. The number of hydrogen-bond acceptors (Lipinski definition) is 5. The van der Waals surface area contributed by atoms with Gasteiger partial charge in [0.15, 0.2) is 0 Å². The van der Waals surface area contributed by atoms with Crippen LogP contribution in [0.5, 0.6) is 5.75 Å². The average molecular weight is 295 g/mol. The van der Waals surface area contributed by atoms with Crippen molar-refractivity contribution in [3.05, 3.63) is 29.8 Å². The molecule has 1 rings (SSSR count). The van der Waals surface area contributed by atoms with E-state index in [4.69, 9.17) is 25.4 Å². The van der Waals surface area contributed by atoms with Crippen LogP contribution in [0, 0.1) is 5.41 Å². The minimum Gasteiger partial charge on any atom is -0.492 e. The van der Waals surface area contributed by atoms with E-state index in [0.29, 0.717) is 25.4 Å². The Labute approximate surface area is 126 Å². The SMILES string of the molecule is COCCN(CCOC)CCOc1ccc(C(=N)N)cc1. The molecule has 0 fully saturated rings. The van der Waals surface area contributed by atoms with Crippen LogP contribution in [0.15, 0.2) is 24.3 Å². The van der Waals surface area contributed by atoms with Crippen molar-refractivity contribution in [2.75, 3.05) is 53.7 Å². The van der Waals surface area contributed by atoms with Crippen LogP contribution in [-0.4, -0.2) is 64.4 Å². The average Bonchev–Trinajstić information content (AvgIpc) is 2.50. The molecule has 0 heterocycles. The van der Waals surface area contributed by atoms with Crippen molar-refractivity contribution in [2.45, 2.75) is 0 Å². The van der Waals surface area contributed by atoms with E-state index in [9.17, 15) is 0 Å². The molecule has 0 atom stereocenters. The fourth-order valence-electron chi connectivity index (χ4n) is 1.80. The fourth-order valence-corrected chi connectivity index (χ4v) is 1.80. The third kappa shape index (κ3) is 7.08. The molecule has 21 heavy (non-hydrogen) atoms. The molecular formula is C15H25N3O3. The van der Waals surface area contributed by atoms with Gasteiger partial charge in [-0.2, -0.15) is 0 Å². The van der Waals surface area contributed by atoms with Crippen molar-refractivity contribution in [3.8, 4) is 5.75 Å². The maximum Gasteiger partial charge on any atom is 0.122 e. The summed E-state index contributed by atoms with van der Waals surface area (Å²) in [4.78, 5) is 2.23. The van der Waals surface area contributed by atoms with Gasteiger partial charge in [-0.05, 0) is 24.3 Å². The van der Waals surface area contributed by atoms with Crippen LogP contribution in [0.4, 0.5) is 0 Å². The van der Waals surface area contributed by atoms with Crippen LogP contribution in [-0.2, 0) is 9.47 Å². The highest BCUT2D eigenvalue weighted by molar-refractivity contribution is 5.94. The minimum atomic E-state index is 0.0619. The molecule has 0 aliphatic rings. The normalized spacial score (nSPS) is 10.8. The number of nitrogens with one attached hydrogen (secondary N) is 1. The second-order valence-corrected chi connectivity index (χ2v) is 4.61. The number of benzene rings is 1. The standard InChI is InChI=1S/C15H25N3O3/c1-19-10-7-18(8-11-20-2)9-12-21-14-5-3-13(4-6-14)15(16)17/h3-6H,7-12H2,1-2H3,(H3,16,17). The van der Waals surface area contributed by atoms with Gasteiger partial charge >= 0.3 is 0 Å². The fraction of sp³-hybridized carbons (Fsp3) is 0.533. The van der Waals surface area contributed by atoms with Crippen LogP contribution in [0.2, 0.25) is 0 Å². The molecular weight excluding hydrogens is 270 g/mol. The first-order valence-corrected chi connectivity index (χ1v) is 6.95. The van der Waals surface area contributed by atoms with Crippen molar-refractivity contribution in [3.63, 3.8) is 0 Å². The van der Waals surface area contributed by atoms with E-state index in [0.717, 1.165) is 25.4 Å². The maximum atomic E-state index is 7.34. The summed E-state index contributed by atoms with van der Waals surface area (Å²) in [5.41, 5.74) is 6.11. The zero-order valence-electron chi connectivity index (χ0n) is 12.8. The lowest BCUT2D eigenvalue weighted by Gasteiger charge is -2.21. The zero-order valence-corrected chi connectivity index (χ0v) is 12.8. The highest BCUT2D eigenvalue weighted by atomic mass is 16.5. The summed E-state index contributed by atoms with van der Waals surface area (Å²) in [6.45, 7) is 4.49. The smallest absolute Gasteiger partial charge is 0.122 e. The Balaban J connectivity index is 2.36. The molecule has 6 nitrogen and oxygen atoms in total. The highest BCUT2D eigenvalue weighted by Crippen LogP contribution is 2.11. The van der Waals surface area contributed by atoms with E-state index in [-0.39, 0.29) is 5.84 Å².